The second-order valence-electron chi connectivity index (χ2n) is 4.55. The topological polar surface area (TPSA) is 110 Å². The van der Waals surface area contributed by atoms with Gasteiger partial charge in [0.2, 0.25) is 5.88 Å². The Labute approximate surface area is 134 Å². The van der Waals surface area contributed by atoms with Gasteiger partial charge in [0.05, 0.1) is 23.6 Å². The number of methoxy groups -OCH3 is 1. The van der Waals surface area contributed by atoms with E-state index in [-0.39, 0.29) is 22.0 Å². The summed E-state index contributed by atoms with van der Waals surface area (Å²) in [6, 6.07) is 5.62. The second kappa shape index (κ2) is 5.61. The fraction of sp³-hybridized carbons (Fsp3) is 0.0714. The standard InChI is InChI=1S/C14H10N4O4S/c1-22-11-5-10(15-6-16-11)18-12(19)8-3-2-7(13(20)21)4-9(8)17-14(18)23/h2-6H,1H3,(H,17,23)(H,20,21). The number of hydrogen-bond acceptors (Lipinski definition) is 6. The number of nitrogens with one attached hydrogen (secondary N) is 1. The summed E-state index contributed by atoms with van der Waals surface area (Å²) in [6.07, 6.45) is 1.26. The van der Waals surface area contributed by atoms with Gasteiger partial charge in [0.25, 0.3) is 5.56 Å². The third kappa shape index (κ3) is 2.57. The fourth-order valence-electron chi connectivity index (χ4n) is 2.12. The van der Waals surface area contributed by atoms with Crippen molar-refractivity contribution in [3.05, 3.63) is 51.3 Å². The summed E-state index contributed by atoms with van der Waals surface area (Å²) in [7, 11) is 1.45. The van der Waals surface area contributed by atoms with Crippen LogP contribution in [-0.4, -0.2) is 37.7 Å². The van der Waals surface area contributed by atoms with Gasteiger partial charge in [-0.25, -0.2) is 19.3 Å². The number of rotatable bonds is 3. The van der Waals surface area contributed by atoms with Crippen LogP contribution in [0.15, 0.2) is 35.4 Å². The molecular formula is C14H10N4O4S. The van der Waals surface area contributed by atoms with Crippen molar-refractivity contribution in [3.63, 3.8) is 0 Å². The van der Waals surface area contributed by atoms with Gasteiger partial charge in [-0.15, -0.1) is 0 Å². The predicted octanol–water partition coefficient (Wildman–Crippen LogP) is 1.55. The molecule has 0 aliphatic heterocycles. The lowest BCUT2D eigenvalue weighted by molar-refractivity contribution is 0.0697. The van der Waals surface area contributed by atoms with Gasteiger partial charge in [0.15, 0.2) is 4.77 Å². The van der Waals surface area contributed by atoms with E-state index in [4.69, 9.17) is 22.1 Å². The third-order valence-electron chi connectivity index (χ3n) is 3.21. The molecule has 0 unspecified atom stereocenters. The first kappa shape index (κ1) is 14.9. The maximum absolute atomic E-state index is 12.7. The molecule has 2 aromatic heterocycles. The molecule has 9 heteroatoms. The van der Waals surface area contributed by atoms with E-state index >= 15 is 0 Å². The van der Waals surface area contributed by atoms with Gasteiger partial charge >= 0.3 is 5.97 Å². The maximum Gasteiger partial charge on any atom is 0.335 e. The highest BCUT2D eigenvalue weighted by atomic mass is 32.1. The van der Waals surface area contributed by atoms with E-state index < -0.39 is 11.5 Å². The van der Waals surface area contributed by atoms with Crippen molar-refractivity contribution in [3.8, 4) is 11.7 Å². The zero-order chi connectivity index (χ0) is 16.6. The molecule has 8 nitrogen and oxygen atoms in total. The Morgan fingerprint density at radius 3 is 2.83 bits per heavy atom. The summed E-state index contributed by atoms with van der Waals surface area (Å²) < 4.78 is 6.30. The lowest BCUT2D eigenvalue weighted by atomic mass is 10.1. The molecule has 0 spiro atoms. The minimum absolute atomic E-state index is 0.0593. The largest absolute Gasteiger partial charge is 0.481 e. The Bertz CT molecular complexity index is 1040. The number of ether oxygens (including phenoxy) is 1. The van der Waals surface area contributed by atoms with Crippen molar-refractivity contribution in [2.75, 3.05) is 7.11 Å². The first-order chi connectivity index (χ1) is 11.0. The van der Waals surface area contributed by atoms with E-state index in [1.54, 1.807) is 0 Å². The molecular weight excluding hydrogens is 320 g/mol. The lowest BCUT2D eigenvalue weighted by Crippen LogP contribution is -2.21. The van der Waals surface area contributed by atoms with Crippen LogP contribution < -0.4 is 10.3 Å². The first-order valence-corrected chi connectivity index (χ1v) is 6.81. The average Bonchev–Trinajstić information content (AvgIpc) is 2.54. The summed E-state index contributed by atoms with van der Waals surface area (Å²) in [5.41, 5.74) is -0.0115. The molecule has 0 aliphatic carbocycles. The molecule has 0 bridgehead atoms. The molecule has 116 valence electrons. The Morgan fingerprint density at radius 2 is 2.13 bits per heavy atom. The van der Waals surface area contributed by atoms with Crippen LogP contribution in [-0.2, 0) is 0 Å². The fourth-order valence-corrected chi connectivity index (χ4v) is 2.41. The molecule has 0 saturated carbocycles. The first-order valence-electron chi connectivity index (χ1n) is 6.40. The van der Waals surface area contributed by atoms with E-state index in [1.165, 1.54) is 42.3 Å². The number of aromatic carboxylic acids is 1. The molecule has 3 aromatic rings. The summed E-state index contributed by atoms with van der Waals surface area (Å²) in [5, 5.41) is 9.31. The monoisotopic (exact) mass is 330 g/mol. The van der Waals surface area contributed by atoms with Gasteiger partial charge in [0, 0.05) is 6.07 Å². The van der Waals surface area contributed by atoms with Gasteiger partial charge in [-0.05, 0) is 30.4 Å². The highest BCUT2D eigenvalue weighted by Crippen LogP contribution is 2.14. The SMILES string of the molecule is COc1cc(-n2c(=S)[nH]c3cc(C(=O)O)ccc3c2=O)ncn1. The summed E-state index contributed by atoms with van der Waals surface area (Å²) in [5.74, 6) is -0.541. The lowest BCUT2D eigenvalue weighted by Gasteiger charge is -2.08. The highest BCUT2D eigenvalue weighted by molar-refractivity contribution is 7.71. The van der Waals surface area contributed by atoms with Crippen LogP contribution in [0.4, 0.5) is 0 Å². The van der Waals surface area contributed by atoms with Crippen LogP contribution in [0.5, 0.6) is 5.88 Å². The number of aromatic nitrogens is 4. The Kier molecular flexibility index (Phi) is 3.62. The quantitative estimate of drug-likeness (QED) is 0.701. The molecule has 23 heavy (non-hydrogen) atoms. The third-order valence-corrected chi connectivity index (χ3v) is 3.50. The second-order valence-corrected chi connectivity index (χ2v) is 4.94. The van der Waals surface area contributed by atoms with Gasteiger partial charge in [-0.1, -0.05) is 0 Å². The number of hydrogen-bond donors (Lipinski definition) is 2. The smallest absolute Gasteiger partial charge is 0.335 e. The summed E-state index contributed by atoms with van der Waals surface area (Å²) in [6.45, 7) is 0. The zero-order valence-electron chi connectivity index (χ0n) is 11.8. The Morgan fingerprint density at radius 1 is 1.35 bits per heavy atom. The normalized spacial score (nSPS) is 10.7. The predicted molar refractivity (Wildman–Crippen MR) is 83.8 cm³/mol. The number of carboxylic acids is 1. The van der Waals surface area contributed by atoms with E-state index in [0.29, 0.717) is 10.9 Å². The van der Waals surface area contributed by atoms with E-state index in [0.717, 1.165) is 0 Å². The molecule has 3 rings (SSSR count). The molecule has 0 amide bonds. The van der Waals surface area contributed by atoms with Crippen LogP contribution in [0, 0.1) is 4.77 Å². The average molecular weight is 330 g/mol. The molecule has 0 radical (unpaired) electrons. The number of carbonyl (C=O) groups is 1. The highest BCUT2D eigenvalue weighted by Gasteiger charge is 2.12. The molecule has 0 saturated heterocycles. The number of benzene rings is 1. The van der Waals surface area contributed by atoms with E-state index in [1.807, 2.05) is 0 Å². The van der Waals surface area contributed by atoms with Gasteiger partial charge in [0.1, 0.15) is 12.1 Å². The van der Waals surface area contributed by atoms with Crippen molar-refractivity contribution in [2.24, 2.45) is 0 Å². The minimum Gasteiger partial charge on any atom is -0.481 e. The zero-order valence-corrected chi connectivity index (χ0v) is 12.6. The van der Waals surface area contributed by atoms with Crippen LogP contribution in [0.3, 0.4) is 0 Å². The maximum atomic E-state index is 12.7. The number of H-pyrrole nitrogens is 1. The summed E-state index contributed by atoms with van der Waals surface area (Å²) in [4.78, 5) is 34.4. The molecule has 0 atom stereocenters. The van der Waals surface area contributed by atoms with Gasteiger partial charge < -0.3 is 14.8 Å². The van der Waals surface area contributed by atoms with Crippen LogP contribution in [0.25, 0.3) is 16.7 Å². The minimum atomic E-state index is -1.09. The number of carboxylic acid groups (broad SMARTS) is 1. The van der Waals surface area contributed by atoms with Gasteiger partial charge in [-0.2, -0.15) is 0 Å². The molecule has 1 aromatic carbocycles. The van der Waals surface area contributed by atoms with Crippen LogP contribution >= 0.6 is 12.2 Å². The number of fused-ring (bicyclic) bond motifs is 1. The number of aromatic amines is 1. The number of nitrogens with zero attached hydrogens (tertiary/aromatic N) is 3. The summed E-state index contributed by atoms with van der Waals surface area (Å²) >= 11 is 5.20. The van der Waals surface area contributed by atoms with E-state index in [2.05, 4.69) is 15.0 Å². The van der Waals surface area contributed by atoms with Crippen molar-refractivity contribution < 1.29 is 14.6 Å². The van der Waals surface area contributed by atoms with Gasteiger partial charge in [-0.3, -0.25) is 4.79 Å². The molecule has 2 heterocycles. The van der Waals surface area contributed by atoms with E-state index in [9.17, 15) is 9.59 Å². The molecule has 0 aliphatic rings. The van der Waals surface area contributed by atoms with Crippen molar-refractivity contribution in [2.45, 2.75) is 0 Å². The van der Waals surface area contributed by atoms with Crippen LogP contribution in [0.1, 0.15) is 10.4 Å². The van der Waals surface area contributed by atoms with Crippen LogP contribution in [0.2, 0.25) is 0 Å². The van der Waals surface area contributed by atoms with Crippen molar-refractivity contribution >= 4 is 29.1 Å². The molecule has 0 fully saturated rings. The van der Waals surface area contributed by atoms with Crippen molar-refractivity contribution in [1.82, 2.24) is 19.5 Å². The van der Waals surface area contributed by atoms with Crippen molar-refractivity contribution in [1.29, 1.82) is 0 Å². The Balaban J connectivity index is 2.31. The molecule has 2 N–H and O–H groups in total. The Hall–Kier alpha value is -3.07.